The van der Waals surface area contributed by atoms with Crippen LogP contribution in [0.1, 0.15) is 32.5 Å². The Balaban J connectivity index is 0.00000338. The predicted molar refractivity (Wildman–Crippen MR) is 122 cm³/mol. The summed E-state index contributed by atoms with van der Waals surface area (Å²) in [5.41, 5.74) is 0. The van der Waals surface area contributed by atoms with Gasteiger partial charge in [-0.25, -0.2) is 4.98 Å². The summed E-state index contributed by atoms with van der Waals surface area (Å²) in [7, 11) is 4.05. The van der Waals surface area contributed by atoms with Gasteiger partial charge < -0.3 is 20.0 Å². The molecule has 1 aliphatic rings. The quantitative estimate of drug-likeness (QED) is 0.339. The average molecular weight is 495 g/mol. The molecule has 9 heteroatoms. The van der Waals surface area contributed by atoms with Crippen LogP contribution in [0.2, 0.25) is 0 Å². The number of anilines is 1. The van der Waals surface area contributed by atoms with E-state index in [0.29, 0.717) is 0 Å². The Morgan fingerprint density at radius 1 is 1.23 bits per heavy atom. The zero-order valence-corrected chi connectivity index (χ0v) is 19.7. The SMILES string of the molecule is CCCCN(C)CCNC(=NC)N1CCN(c2nc(CC)ns2)CC1.I. The number of hydrogen-bond donors (Lipinski definition) is 1. The number of halogens is 1. The fourth-order valence-electron chi connectivity index (χ4n) is 2.86. The minimum Gasteiger partial charge on any atom is -0.355 e. The maximum Gasteiger partial charge on any atom is 0.205 e. The highest BCUT2D eigenvalue weighted by Gasteiger charge is 2.21. The lowest BCUT2D eigenvalue weighted by atomic mass is 10.3. The van der Waals surface area contributed by atoms with Gasteiger partial charge in [0.2, 0.25) is 5.13 Å². The molecule has 7 nitrogen and oxygen atoms in total. The molecule has 1 saturated heterocycles. The van der Waals surface area contributed by atoms with E-state index in [4.69, 9.17) is 0 Å². The number of aryl methyl sites for hydroxylation is 1. The molecule has 1 N–H and O–H groups in total. The molecule has 2 rings (SSSR count). The monoisotopic (exact) mass is 495 g/mol. The van der Waals surface area contributed by atoms with Gasteiger partial charge in [-0.1, -0.05) is 20.3 Å². The van der Waals surface area contributed by atoms with Crippen molar-refractivity contribution in [1.29, 1.82) is 0 Å². The number of aliphatic imine (C=N–C) groups is 1. The molecule has 0 unspecified atom stereocenters. The van der Waals surface area contributed by atoms with Gasteiger partial charge in [0, 0.05) is 64.3 Å². The first-order valence-electron chi connectivity index (χ1n) is 9.39. The standard InChI is InChI=1S/C17H33N7S.HI/c1-5-7-9-22(4)10-8-19-16(18-3)23-11-13-24(14-12-23)17-20-15(6-2)21-25-17;/h5-14H2,1-4H3,(H,18,19);1H. The third-order valence-corrected chi connectivity index (χ3v) is 5.32. The fourth-order valence-corrected chi connectivity index (χ4v) is 3.66. The van der Waals surface area contributed by atoms with Crippen molar-refractivity contribution >= 4 is 46.6 Å². The second-order valence-electron chi connectivity index (χ2n) is 6.45. The van der Waals surface area contributed by atoms with Crippen molar-refractivity contribution in [1.82, 2.24) is 24.5 Å². The van der Waals surface area contributed by atoms with Gasteiger partial charge in [0.05, 0.1) is 0 Å². The normalized spacial score (nSPS) is 15.3. The van der Waals surface area contributed by atoms with Crippen LogP contribution in [0.15, 0.2) is 4.99 Å². The third-order valence-electron chi connectivity index (χ3n) is 4.51. The van der Waals surface area contributed by atoms with E-state index in [1.807, 2.05) is 7.05 Å². The van der Waals surface area contributed by atoms with Crippen LogP contribution in [-0.2, 0) is 6.42 Å². The van der Waals surface area contributed by atoms with Gasteiger partial charge in [0.25, 0.3) is 0 Å². The Bertz CT molecular complexity index is 529. The molecule has 0 amide bonds. The van der Waals surface area contributed by atoms with E-state index < -0.39 is 0 Å². The largest absolute Gasteiger partial charge is 0.355 e. The molecular formula is C17H34IN7S. The molecule has 0 saturated carbocycles. The average Bonchev–Trinajstić information content (AvgIpc) is 3.13. The summed E-state index contributed by atoms with van der Waals surface area (Å²) >= 11 is 1.51. The maximum atomic E-state index is 4.60. The van der Waals surface area contributed by atoms with E-state index in [-0.39, 0.29) is 24.0 Å². The number of likely N-dealkylation sites (N-methyl/N-ethyl adjacent to an activating group) is 1. The summed E-state index contributed by atoms with van der Waals surface area (Å²) in [4.78, 5) is 16.1. The minimum absolute atomic E-state index is 0. The zero-order chi connectivity index (χ0) is 18.1. The Morgan fingerprint density at radius 2 is 1.96 bits per heavy atom. The summed E-state index contributed by atoms with van der Waals surface area (Å²) in [6.45, 7) is 11.3. The molecule has 0 spiro atoms. The van der Waals surface area contributed by atoms with E-state index in [0.717, 1.165) is 69.1 Å². The van der Waals surface area contributed by atoms with Crippen LogP contribution in [0.4, 0.5) is 5.13 Å². The number of aromatic nitrogens is 2. The van der Waals surface area contributed by atoms with Crippen LogP contribution >= 0.6 is 35.5 Å². The van der Waals surface area contributed by atoms with Crippen molar-refractivity contribution in [3.8, 4) is 0 Å². The highest BCUT2D eigenvalue weighted by atomic mass is 127. The molecule has 0 aliphatic carbocycles. The number of nitrogens with one attached hydrogen (secondary N) is 1. The van der Waals surface area contributed by atoms with E-state index in [9.17, 15) is 0 Å². The molecular weight excluding hydrogens is 461 g/mol. The third kappa shape index (κ3) is 7.15. The number of nitrogens with zero attached hydrogens (tertiary/aromatic N) is 6. The molecule has 0 radical (unpaired) electrons. The van der Waals surface area contributed by atoms with Crippen LogP contribution in [0.25, 0.3) is 0 Å². The van der Waals surface area contributed by atoms with E-state index in [1.165, 1.54) is 24.4 Å². The Morgan fingerprint density at radius 3 is 2.54 bits per heavy atom. The topological polar surface area (TPSA) is 59.9 Å². The summed E-state index contributed by atoms with van der Waals surface area (Å²) in [5.74, 6) is 1.96. The van der Waals surface area contributed by atoms with Gasteiger partial charge in [-0.3, -0.25) is 4.99 Å². The minimum atomic E-state index is 0. The summed E-state index contributed by atoms with van der Waals surface area (Å²) in [6, 6.07) is 0. The Hall–Kier alpha value is -0.680. The molecule has 0 aromatic carbocycles. The zero-order valence-electron chi connectivity index (χ0n) is 16.6. The summed E-state index contributed by atoms with van der Waals surface area (Å²) in [6.07, 6.45) is 3.41. The number of rotatable bonds is 8. The van der Waals surface area contributed by atoms with Crippen LogP contribution in [-0.4, -0.2) is 85.0 Å². The molecule has 1 aliphatic heterocycles. The summed E-state index contributed by atoms with van der Waals surface area (Å²) in [5, 5.41) is 4.56. The lowest BCUT2D eigenvalue weighted by Crippen LogP contribution is -2.53. The van der Waals surface area contributed by atoms with Crippen molar-refractivity contribution in [3.63, 3.8) is 0 Å². The van der Waals surface area contributed by atoms with Crippen molar-refractivity contribution in [2.45, 2.75) is 33.1 Å². The maximum absolute atomic E-state index is 4.60. The second kappa shape index (κ2) is 12.7. The van der Waals surface area contributed by atoms with Crippen LogP contribution in [0.5, 0.6) is 0 Å². The first kappa shape index (κ1) is 23.4. The lowest BCUT2D eigenvalue weighted by molar-refractivity contribution is 0.325. The molecule has 1 aromatic rings. The molecule has 1 fully saturated rings. The van der Waals surface area contributed by atoms with E-state index in [1.54, 1.807) is 0 Å². The molecule has 26 heavy (non-hydrogen) atoms. The van der Waals surface area contributed by atoms with Crippen molar-refractivity contribution in [2.24, 2.45) is 4.99 Å². The van der Waals surface area contributed by atoms with Gasteiger partial charge in [0.1, 0.15) is 5.82 Å². The first-order valence-corrected chi connectivity index (χ1v) is 10.2. The molecule has 0 atom stereocenters. The summed E-state index contributed by atoms with van der Waals surface area (Å²) < 4.78 is 4.39. The fraction of sp³-hybridized carbons (Fsp3) is 0.824. The number of piperazine rings is 1. The Labute approximate surface area is 179 Å². The van der Waals surface area contributed by atoms with E-state index >= 15 is 0 Å². The molecule has 2 heterocycles. The van der Waals surface area contributed by atoms with Crippen LogP contribution in [0.3, 0.4) is 0 Å². The van der Waals surface area contributed by atoms with Crippen molar-refractivity contribution in [3.05, 3.63) is 5.82 Å². The molecule has 0 bridgehead atoms. The smallest absolute Gasteiger partial charge is 0.205 e. The van der Waals surface area contributed by atoms with Gasteiger partial charge in [-0.05, 0) is 20.0 Å². The van der Waals surface area contributed by atoms with Gasteiger partial charge >= 0.3 is 0 Å². The van der Waals surface area contributed by atoms with Gasteiger partial charge in [0.15, 0.2) is 5.96 Å². The highest BCUT2D eigenvalue weighted by Crippen LogP contribution is 2.19. The van der Waals surface area contributed by atoms with E-state index in [2.05, 4.69) is 55.3 Å². The molecule has 150 valence electrons. The van der Waals surface area contributed by atoms with Crippen molar-refractivity contribution in [2.75, 3.05) is 64.8 Å². The number of hydrogen-bond acceptors (Lipinski definition) is 6. The van der Waals surface area contributed by atoms with Gasteiger partial charge in [-0.2, -0.15) is 4.37 Å². The molecule has 1 aromatic heterocycles. The first-order chi connectivity index (χ1) is 12.2. The lowest BCUT2D eigenvalue weighted by Gasteiger charge is -2.36. The highest BCUT2D eigenvalue weighted by molar-refractivity contribution is 14.0. The van der Waals surface area contributed by atoms with Gasteiger partial charge in [-0.15, -0.1) is 24.0 Å². The second-order valence-corrected chi connectivity index (χ2v) is 7.18. The Kier molecular flexibility index (Phi) is 11.4. The van der Waals surface area contributed by atoms with Crippen LogP contribution in [0, 0.1) is 0 Å². The van der Waals surface area contributed by atoms with Crippen molar-refractivity contribution < 1.29 is 0 Å². The predicted octanol–water partition coefficient (Wildman–Crippen LogP) is 2.15. The number of unbranched alkanes of at least 4 members (excludes halogenated alkanes) is 1. The number of guanidine groups is 1. The van der Waals surface area contributed by atoms with Crippen LogP contribution < -0.4 is 10.2 Å².